The van der Waals surface area contributed by atoms with E-state index in [1.807, 2.05) is 47.4 Å². The van der Waals surface area contributed by atoms with Crippen LogP contribution in [-0.2, 0) is 0 Å². The van der Waals surface area contributed by atoms with Crippen molar-refractivity contribution in [2.45, 2.75) is 0 Å². The first kappa shape index (κ1) is 11.8. The Balaban J connectivity index is 1.98. The molecule has 100 valence electrons. The quantitative estimate of drug-likeness (QED) is 0.561. The molecule has 0 spiro atoms. The molecule has 4 rings (SSSR count). The van der Waals surface area contributed by atoms with Crippen molar-refractivity contribution in [1.82, 2.24) is 19.5 Å². The molecule has 0 aliphatic rings. The first-order chi connectivity index (χ1) is 10.4. The second-order valence-corrected chi connectivity index (χ2v) is 4.72. The number of imidazole rings is 1. The van der Waals surface area contributed by atoms with Gasteiger partial charge in [-0.3, -0.25) is 9.55 Å². The molecule has 4 nitrogen and oxygen atoms in total. The van der Waals surface area contributed by atoms with E-state index in [2.05, 4.69) is 33.2 Å². The summed E-state index contributed by atoms with van der Waals surface area (Å²) in [5, 5.41) is 0. The molecule has 0 saturated carbocycles. The molecule has 0 atom stereocenters. The van der Waals surface area contributed by atoms with E-state index in [1.54, 1.807) is 12.4 Å². The van der Waals surface area contributed by atoms with Gasteiger partial charge in [-0.1, -0.05) is 24.3 Å². The minimum Gasteiger partial charge on any atom is -0.283 e. The normalized spacial score (nSPS) is 10.9. The number of hydrogen-bond donors (Lipinski definition) is 0. The zero-order valence-corrected chi connectivity index (χ0v) is 11.2. The van der Waals surface area contributed by atoms with E-state index < -0.39 is 0 Å². The fourth-order valence-corrected chi connectivity index (χ4v) is 2.48. The fourth-order valence-electron chi connectivity index (χ4n) is 2.48. The molecular weight excluding hydrogens is 260 g/mol. The number of para-hydroxylation sites is 1. The van der Waals surface area contributed by atoms with Gasteiger partial charge in [-0.05, 0) is 24.3 Å². The Kier molecular flexibility index (Phi) is 2.71. The minimum atomic E-state index is 0.855. The van der Waals surface area contributed by atoms with Gasteiger partial charge in [0.15, 0.2) is 5.65 Å². The molecule has 0 N–H and O–H groups in total. The fraction of sp³-hybridized carbons (Fsp3) is 0. The van der Waals surface area contributed by atoms with Crippen molar-refractivity contribution in [2.75, 3.05) is 0 Å². The van der Waals surface area contributed by atoms with Crippen molar-refractivity contribution in [2.24, 2.45) is 0 Å². The highest BCUT2D eigenvalue weighted by Crippen LogP contribution is 2.27. The maximum absolute atomic E-state index is 4.44. The van der Waals surface area contributed by atoms with Crippen molar-refractivity contribution in [1.29, 1.82) is 0 Å². The molecule has 3 aromatic heterocycles. The number of aromatic nitrogens is 4. The molecule has 21 heavy (non-hydrogen) atoms. The summed E-state index contributed by atoms with van der Waals surface area (Å²) in [6, 6.07) is 16.1. The molecule has 0 fully saturated rings. The average molecular weight is 272 g/mol. The summed E-state index contributed by atoms with van der Waals surface area (Å²) in [5.74, 6) is 0. The van der Waals surface area contributed by atoms with Gasteiger partial charge >= 0.3 is 0 Å². The van der Waals surface area contributed by atoms with Gasteiger partial charge in [-0.25, -0.2) is 9.97 Å². The van der Waals surface area contributed by atoms with E-state index in [0.717, 1.165) is 28.0 Å². The first-order valence-electron chi connectivity index (χ1n) is 6.71. The van der Waals surface area contributed by atoms with Gasteiger partial charge < -0.3 is 0 Å². The van der Waals surface area contributed by atoms with Gasteiger partial charge in [-0.15, -0.1) is 0 Å². The van der Waals surface area contributed by atoms with E-state index >= 15 is 0 Å². The third kappa shape index (κ3) is 1.97. The van der Waals surface area contributed by atoms with Crippen LogP contribution in [0.5, 0.6) is 0 Å². The molecule has 0 bridgehead atoms. The lowest BCUT2D eigenvalue weighted by molar-refractivity contribution is 1.07. The molecular formula is C17H12N4. The summed E-state index contributed by atoms with van der Waals surface area (Å²) in [6.07, 6.45) is 7.24. The number of hydrogen-bond acceptors (Lipinski definition) is 3. The number of rotatable bonds is 2. The molecule has 0 aliphatic heterocycles. The van der Waals surface area contributed by atoms with Crippen LogP contribution < -0.4 is 0 Å². The van der Waals surface area contributed by atoms with Gasteiger partial charge in [0.05, 0.1) is 5.69 Å². The lowest BCUT2D eigenvalue weighted by Crippen LogP contribution is -1.96. The summed E-state index contributed by atoms with van der Waals surface area (Å²) in [6.45, 7) is 0. The maximum atomic E-state index is 4.44. The monoisotopic (exact) mass is 272 g/mol. The largest absolute Gasteiger partial charge is 0.283 e. The highest BCUT2D eigenvalue weighted by Gasteiger charge is 2.10. The van der Waals surface area contributed by atoms with Crippen LogP contribution in [0.25, 0.3) is 28.0 Å². The summed E-state index contributed by atoms with van der Waals surface area (Å²) in [4.78, 5) is 13.1. The third-order valence-electron chi connectivity index (χ3n) is 3.44. The van der Waals surface area contributed by atoms with Crippen LogP contribution in [0.3, 0.4) is 0 Å². The van der Waals surface area contributed by atoms with E-state index in [1.165, 1.54) is 0 Å². The maximum Gasteiger partial charge on any atom is 0.164 e. The molecule has 0 aliphatic carbocycles. The van der Waals surface area contributed by atoms with E-state index in [-0.39, 0.29) is 0 Å². The van der Waals surface area contributed by atoms with E-state index in [0.29, 0.717) is 0 Å². The van der Waals surface area contributed by atoms with Crippen LogP contribution in [0.15, 0.2) is 73.4 Å². The van der Waals surface area contributed by atoms with E-state index in [4.69, 9.17) is 0 Å². The van der Waals surface area contributed by atoms with Gasteiger partial charge in [0.25, 0.3) is 0 Å². The van der Waals surface area contributed by atoms with Crippen molar-refractivity contribution in [3.8, 4) is 16.8 Å². The second-order valence-electron chi connectivity index (χ2n) is 4.72. The Morgan fingerprint density at radius 2 is 1.71 bits per heavy atom. The Morgan fingerprint density at radius 3 is 2.62 bits per heavy atom. The third-order valence-corrected chi connectivity index (χ3v) is 3.44. The summed E-state index contributed by atoms with van der Waals surface area (Å²) >= 11 is 0. The Labute approximate surface area is 121 Å². The molecule has 0 amide bonds. The highest BCUT2D eigenvalue weighted by atomic mass is 15.1. The molecule has 3 heterocycles. The lowest BCUT2D eigenvalue weighted by atomic mass is 10.1. The first-order valence-corrected chi connectivity index (χ1v) is 6.71. The van der Waals surface area contributed by atoms with Gasteiger partial charge in [0, 0.05) is 29.7 Å². The van der Waals surface area contributed by atoms with E-state index in [9.17, 15) is 0 Å². The highest BCUT2D eigenvalue weighted by molar-refractivity contribution is 5.78. The van der Waals surface area contributed by atoms with Crippen molar-refractivity contribution in [3.05, 3.63) is 73.4 Å². The second kappa shape index (κ2) is 4.83. The summed E-state index contributed by atoms with van der Waals surface area (Å²) in [7, 11) is 0. The standard InChI is InChI=1S/C17H12N4/c1-2-8-16(14(6-1)13-5-3-9-18-11-13)21-12-20-15-7-4-10-19-17(15)21/h1-12H. The zero-order valence-electron chi connectivity index (χ0n) is 11.2. The van der Waals surface area contributed by atoms with Crippen LogP contribution in [0.4, 0.5) is 0 Å². The van der Waals surface area contributed by atoms with Crippen LogP contribution in [0, 0.1) is 0 Å². The van der Waals surface area contributed by atoms with Gasteiger partial charge in [-0.2, -0.15) is 0 Å². The van der Waals surface area contributed by atoms with Gasteiger partial charge in [0.2, 0.25) is 0 Å². The zero-order chi connectivity index (χ0) is 14.1. The van der Waals surface area contributed by atoms with Crippen molar-refractivity contribution < 1.29 is 0 Å². The summed E-state index contributed by atoms with van der Waals surface area (Å²) in [5.41, 5.74) is 4.97. The van der Waals surface area contributed by atoms with Crippen LogP contribution in [0.1, 0.15) is 0 Å². The van der Waals surface area contributed by atoms with Crippen molar-refractivity contribution in [3.63, 3.8) is 0 Å². The topological polar surface area (TPSA) is 43.6 Å². The number of benzene rings is 1. The Hall–Kier alpha value is -3.01. The molecule has 4 aromatic rings. The van der Waals surface area contributed by atoms with Crippen LogP contribution >= 0.6 is 0 Å². The Morgan fingerprint density at radius 1 is 0.810 bits per heavy atom. The van der Waals surface area contributed by atoms with Gasteiger partial charge in [0.1, 0.15) is 11.8 Å². The van der Waals surface area contributed by atoms with Crippen LogP contribution in [-0.4, -0.2) is 19.5 Å². The number of pyridine rings is 2. The molecule has 1 aromatic carbocycles. The number of nitrogens with zero attached hydrogens (tertiary/aromatic N) is 4. The molecule has 0 radical (unpaired) electrons. The predicted molar refractivity (Wildman–Crippen MR) is 82.1 cm³/mol. The molecule has 0 saturated heterocycles. The Bertz CT molecular complexity index is 897. The van der Waals surface area contributed by atoms with Crippen molar-refractivity contribution >= 4 is 11.2 Å². The van der Waals surface area contributed by atoms with Crippen LogP contribution in [0.2, 0.25) is 0 Å². The molecule has 4 heteroatoms. The predicted octanol–water partition coefficient (Wildman–Crippen LogP) is 3.48. The number of fused-ring (bicyclic) bond motifs is 1. The summed E-state index contributed by atoms with van der Waals surface area (Å²) < 4.78 is 2.01. The average Bonchev–Trinajstić information content (AvgIpc) is 3.00. The molecule has 0 unspecified atom stereocenters. The SMILES string of the molecule is c1cncc(-c2ccccc2-n2cnc3cccnc32)c1. The lowest BCUT2D eigenvalue weighted by Gasteiger charge is -2.10. The smallest absolute Gasteiger partial charge is 0.164 e. The minimum absolute atomic E-state index is 0.855.